The number of hydrogen-bond acceptors (Lipinski definition) is 5. The highest BCUT2D eigenvalue weighted by Crippen LogP contribution is 2.31. The molecule has 2 rings (SSSR count). The third-order valence-electron chi connectivity index (χ3n) is 6.67. The Balaban J connectivity index is 2.03. The zero-order valence-electron chi connectivity index (χ0n) is 19.0. The van der Waals surface area contributed by atoms with Crippen molar-refractivity contribution in [3.63, 3.8) is 0 Å². The molecule has 1 aliphatic carbocycles. The quantitative estimate of drug-likeness (QED) is 0.502. The highest BCUT2D eigenvalue weighted by molar-refractivity contribution is 7.80. The van der Waals surface area contributed by atoms with Crippen molar-refractivity contribution in [2.75, 3.05) is 20.2 Å². The molecule has 0 aromatic rings. The van der Waals surface area contributed by atoms with Crippen LogP contribution < -0.4 is 16.4 Å². The largest absolute Gasteiger partial charge is 0.453 e. The molecule has 2 fully saturated rings. The minimum atomic E-state index is -0.498. The third-order valence-corrected chi connectivity index (χ3v) is 7.14. The molecule has 1 saturated carbocycles. The Morgan fingerprint density at radius 2 is 1.90 bits per heavy atom. The summed E-state index contributed by atoms with van der Waals surface area (Å²) in [5.74, 6) is 0.544. The molecule has 2 atom stereocenters. The zero-order chi connectivity index (χ0) is 22.3. The summed E-state index contributed by atoms with van der Waals surface area (Å²) in [4.78, 5) is 27.6. The molecule has 0 unspecified atom stereocenters. The molecule has 4 N–H and O–H groups in total. The van der Waals surface area contributed by atoms with Crippen molar-refractivity contribution in [2.24, 2.45) is 17.1 Å². The summed E-state index contributed by atoms with van der Waals surface area (Å²) in [5, 5.41) is 6.08. The molecule has 2 amide bonds. The lowest BCUT2D eigenvalue weighted by Gasteiger charge is -2.39. The van der Waals surface area contributed by atoms with Gasteiger partial charge in [-0.15, -0.1) is 0 Å². The Morgan fingerprint density at radius 3 is 2.50 bits per heavy atom. The molecule has 1 aliphatic heterocycles. The van der Waals surface area contributed by atoms with Crippen LogP contribution in [0.1, 0.15) is 72.1 Å². The fraction of sp³-hybridized carbons (Fsp3) is 0.864. The van der Waals surface area contributed by atoms with Gasteiger partial charge in [0, 0.05) is 19.1 Å². The maximum Gasteiger partial charge on any atom is 0.407 e. The fourth-order valence-corrected chi connectivity index (χ4v) is 5.38. The molecule has 1 saturated heterocycles. The molecule has 0 spiro atoms. The van der Waals surface area contributed by atoms with Gasteiger partial charge in [0.25, 0.3) is 0 Å². The van der Waals surface area contributed by atoms with Crippen molar-refractivity contribution in [2.45, 2.75) is 90.3 Å². The van der Waals surface area contributed by atoms with Crippen LogP contribution in [0.25, 0.3) is 0 Å². The van der Waals surface area contributed by atoms with E-state index in [9.17, 15) is 9.59 Å². The lowest BCUT2D eigenvalue weighted by atomic mass is 9.79. The first kappa shape index (κ1) is 24.9. The van der Waals surface area contributed by atoms with Crippen molar-refractivity contribution in [3.05, 3.63) is 0 Å². The summed E-state index contributed by atoms with van der Waals surface area (Å²) in [6, 6.07) is -0.332. The van der Waals surface area contributed by atoms with Crippen LogP contribution in [0.15, 0.2) is 0 Å². The Morgan fingerprint density at radius 1 is 1.23 bits per heavy atom. The predicted octanol–water partition coefficient (Wildman–Crippen LogP) is 2.96. The van der Waals surface area contributed by atoms with Crippen molar-refractivity contribution in [1.82, 2.24) is 15.5 Å². The van der Waals surface area contributed by atoms with Crippen LogP contribution in [0.4, 0.5) is 4.79 Å². The van der Waals surface area contributed by atoms with E-state index < -0.39 is 6.09 Å². The number of ether oxygens (including phenoxy) is 1. The molecule has 0 bridgehead atoms. The number of amides is 2. The number of thiocarbonyl (C=S) groups is 1. The number of nitrogens with two attached hydrogens (primary N) is 1. The Bertz CT molecular complexity index is 605. The van der Waals surface area contributed by atoms with E-state index in [-0.39, 0.29) is 23.4 Å². The monoisotopic (exact) mass is 440 g/mol. The number of likely N-dealkylation sites (tertiary alicyclic amines) is 1. The topological polar surface area (TPSA) is 96.7 Å². The molecule has 7 nitrogen and oxygen atoms in total. The van der Waals surface area contributed by atoms with Crippen molar-refractivity contribution >= 4 is 29.2 Å². The second-order valence-electron chi connectivity index (χ2n) is 9.52. The fourth-order valence-electron chi connectivity index (χ4n) is 4.78. The van der Waals surface area contributed by atoms with E-state index in [4.69, 9.17) is 22.7 Å². The molecule has 8 heteroatoms. The van der Waals surface area contributed by atoms with E-state index in [0.29, 0.717) is 23.5 Å². The highest BCUT2D eigenvalue weighted by Gasteiger charge is 2.41. The number of alkyl carbamates (subject to hydrolysis) is 1. The molecule has 30 heavy (non-hydrogen) atoms. The van der Waals surface area contributed by atoms with Gasteiger partial charge >= 0.3 is 6.09 Å². The zero-order valence-corrected chi connectivity index (χ0v) is 19.9. The number of nitrogens with one attached hydrogen (secondary N) is 2. The van der Waals surface area contributed by atoms with Gasteiger partial charge in [-0.2, -0.15) is 0 Å². The molecule has 172 valence electrons. The molecular formula is C22H40N4O3S. The minimum absolute atomic E-state index is 0.0369. The van der Waals surface area contributed by atoms with Crippen LogP contribution in [-0.2, 0) is 9.53 Å². The second-order valence-corrected chi connectivity index (χ2v) is 9.94. The van der Waals surface area contributed by atoms with Gasteiger partial charge in [0.05, 0.1) is 13.2 Å². The van der Waals surface area contributed by atoms with Crippen LogP contribution in [0, 0.1) is 11.3 Å². The van der Waals surface area contributed by atoms with E-state index in [1.165, 1.54) is 7.11 Å². The lowest BCUT2D eigenvalue weighted by Crippen LogP contribution is -2.57. The van der Waals surface area contributed by atoms with E-state index in [1.54, 1.807) is 0 Å². The molecule has 0 radical (unpaired) electrons. The summed E-state index contributed by atoms with van der Waals surface area (Å²) >= 11 is 5.84. The van der Waals surface area contributed by atoms with Gasteiger partial charge in [-0.1, -0.05) is 39.4 Å². The van der Waals surface area contributed by atoms with Gasteiger partial charge in [0.1, 0.15) is 11.0 Å². The van der Waals surface area contributed by atoms with E-state index in [0.717, 1.165) is 57.9 Å². The lowest BCUT2D eigenvalue weighted by molar-refractivity contribution is -0.124. The van der Waals surface area contributed by atoms with Crippen LogP contribution in [0.2, 0.25) is 0 Å². The first-order valence-electron chi connectivity index (χ1n) is 11.4. The Kier molecular flexibility index (Phi) is 9.34. The molecule has 1 heterocycles. The van der Waals surface area contributed by atoms with Crippen LogP contribution in [-0.4, -0.2) is 60.2 Å². The van der Waals surface area contributed by atoms with Gasteiger partial charge < -0.3 is 26.0 Å². The number of hydrogen-bond donors (Lipinski definition) is 3. The van der Waals surface area contributed by atoms with Crippen molar-refractivity contribution in [3.8, 4) is 0 Å². The van der Waals surface area contributed by atoms with Crippen molar-refractivity contribution in [1.29, 1.82) is 0 Å². The second kappa shape index (κ2) is 11.3. The first-order valence-corrected chi connectivity index (χ1v) is 11.8. The molecular weight excluding hydrogens is 400 g/mol. The maximum absolute atomic E-state index is 13.0. The van der Waals surface area contributed by atoms with Crippen molar-refractivity contribution < 1.29 is 14.3 Å². The highest BCUT2D eigenvalue weighted by atomic mass is 32.1. The summed E-state index contributed by atoms with van der Waals surface area (Å²) in [6.45, 7) is 7.75. The number of carbonyl (C=O) groups is 2. The van der Waals surface area contributed by atoms with E-state index in [1.807, 2.05) is 4.90 Å². The minimum Gasteiger partial charge on any atom is -0.453 e. The van der Waals surface area contributed by atoms with Crippen LogP contribution in [0.5, 0.6) is 0 Å². The Hall–Kier alpha value is -1.41. The summed E-state index contributed by atoms with van der Waals surface area (Å²) in [6.07, 6.45) is 7.29. The predicted molar refractivity (Wildman–Crippen MR) is 123 cm³/mol. The Labute approximate surface area is 186 Å². The maximum atomic E-state index is 13.0. The molecule has 2 aliphatic rings. The van der Waals surface area contributed by atoms with Gasteiger partial charge in [-0.05, 0) is 56.3 Å². The smallest absolute Gasteiger partial charge is 0.407 e. The van der Waals surface area contributed by atoms with Gasteiger partial charge in [-0.3, -0.25) is 4.79 Å². The number of methoxy groups -OCH3 is 1. The first-order chi connectivity index (χ1) is 14.2. The summed E-state index contributed by atoms with van der Waals surface area (Å²) < 4.78 is 4.84. The molecule has 0 aromatic heterocycles. The number of nitrogens with zero attached hydrogens (tertiary/aromatic N) is 1. The SMILES string of the molecule is CCCC(C)(C)[C@H](NC(=O)OC)C(=S)N1CCC[C@H]1C(=O)NCC1CCC(N)CC1. The number of rotatable bonds is 8. The summed E-state index contributed by atoms with van der Waals surface area (Å²) in [5.41, 5.74) is 5.74. The van der Waals surface area contributed by atoms with Gasteiger partial charge in [-0.25, -0.2) is 4.79 Å². The standard InChI is InChI=1S/C22H40N4O3S/c1-5-12-22(2,3)18(25-21(28)29-4)20(30)26-13-6-7-17(26)19(27)24-14-15-8-10-16(23)11-9-15/h15-18H,5-14,23H2,1-4H3,(H,24,27)(H,25,28)/t15?,16?,17-,18+/m0/s1. The van der Waals surface area contributed by atoms with E-state index in [2.05, 4.69) is 31.4 Å². The van der Waals surface area contributed by atoms with Gasteiger partial charge in [0.15, 0.2) is 0 Å². The average Bonchev–Trinajstić information content (AvgIpc) is 3.20. The average molecular weight is 441 g/mol. The van der Waals surface area contributed by atoms with Crippen LogP contribution >= 0.6 is 12.2 Å². The van der Waals surface area contributed by atoms with E-state index >= 15 is 0 Å². The summed E-state index contributed by atoms with van der Waals surface area (Å²) in [7, 11) is 1.35. The number of carbonyl (C=O) groups excluding carboxylic acids is 2. The molecule has 0 aromatic carbocycles. The third kappa shape index (κ3) is 6.54. The van der Waals surface area contributed by atoms with Crippen LogP contribution in [0.3, 0.4) is 0 Å². The normalized spacial score (nSPS) is 25.5. The van der Waals surface area contributed by atoms with Gasteiger partial charge in [0.2, 0.25) is 5.91 Å².